The molecule has 1 rings (SSSR count). The zero-order valence-electron chi connectivity index (χ0n) is 8.84. The highest BCUT2D eigenvalue weighted by Gasteiger charge is 2.35. The molecule has 2 unspecified atom stereocenters. The minimum absolute atomic E-state index is 0.283. The van der Waals surface area contributed by atoms with Crippen LogP contribution in [-0.4, -0.2) is 36.2 Å². The van der Waals surface area contributed by atoms with Gasteiger partial charge in [-0.2, -0.15) is 0 Å². The molecule has 0 heterocycles. The van der Waals surface area contributed by atoms with Gasteiger partial charge in [0.05, 0.1) is 18.9 Å². The molecule has 0 aliphatic heterocycles. The molecule has 0 spiro atoms. The quantitative estimate of drug-likeness (QED) is 0.552. The van der Waals surface area contributed by atoms with Crippen LogP contribution in [0.1, 0.15) is 12.8 Å². The Balaban J connectivity index is 2.77. The smallest absolute Gasteiger partial charge is 0.307 e. The van der Waals surface area contributed by atoms with Crippen LogP contribution in [0.3, 0.4) is 0 Å². The van der Waals surface area contributed by atoms with E-state index in [1.54, 1.807) is 6.08 Å². The molecule has 0 saturated heterocycles. The van der Waals surface area contributed by atoms with Gasteiger partial charge in [-0.25, -0.2) is 5.06 Å². The van der Waals surface area contributed by atoms with Gasteiger partial charge in [-0.15, -0.1) is 0 Å². The Kier molecular flexibility index (Phi) is 3.85. The van der Waals surface area contributed by atoms with Crippen molar-refractivity contribution in [2.24, 2.45) is 11.8 Å². The maximum absolute atomic E-state index is 11.7. The Morgan fingerprint density at radius 2 is 1.87 bits per heavy atom. The molecule has 0 bridgehead atoms. The summed E-state index contributed by atoms with van der Waals surface area (Å²) < 4.78 is 0. The van der Waals surface area contributed by atoms with Gasteiger partial charge in [0.15, 0.2) is 0 Å². The number of hydroxylamine groups is 2. The first-order valence-electron chi connectivity index (χ1n) is 4.77. The van der Waals surface area contributed by atoms with Crippen LogP contribution >= 0.6 is 0 Å². The predicted octanol–water partition coefficient (Wildman–Crippen LogP) is 0.673. The molecule has 1 N–H and O–H groups in total. The second kappa shape index (κ2) is 4.93. The highest BCUT2D eigenvalue weighted by Crippen LogP contribution is 2.27. The minimum atomic E-state index is -0.929. The Bertz CT molecular complexity index is 287. The Morgan fingerprint density at radius 1 is 1.33 bits per heavy atom. The van der Waals surface area contributed by atoms with Gasteiger partial charge in [0.1, 0.15) is 0 Å². The van der Waals surface area contributed by atoms with Gasteiger partial charge >= 0.3 is 5.97 Å². The summed E-state index contributed by atoms with van der Waals surface area (Å²) in [5.74, 6) is -2.37. The molecule has 1 aliphatic carbocycles. The topological polar surface area (TPSA) is 66.8 Å². The van der Waals surface area contributed by atoms with Gasteiger partial charge in [-0.1, -0.05) is 12.2 Å². The number of aliphatic carboxylic acids is 1. The molecular weight excluding hydrogens is 198 g/mol. The van der Waals surface area contributed by atoms with Crippen molar-refractivity contribution in [3.8, 4) is 0 Å². The first-order valence-corrected chi connectivity index (χ1v) is 4.77. The number of hydrogen-bond donors (Lipinski definition) is 1. The van der Waals surface area contributed by atoms with Crippen molar-refractivity contribution in [2.75, 3.05) is 14.2 Å². The number of carboxylic acids is 1. The van der Waals surface area contributed by atoms with Crippen LogP contribution in [0.15, 0.2) is 12.2 Å². The lowest BCUT2D eigenvalue weighted by molar-refractivity contribution is -0.177. The average Bonchev–Trinajstić information content (AvgIpc) is 2.27. The standard InChI is InChI=1S/C10H15NO4/c1-11(15-2)9(12)7-5-3-4-6-8(7)10(13)14/h3-4,7-8H,5-6H2,1-2H3,(H,13,14). The predicted molar refractivity (Wildman–Crippen MR) is 52.8 cm³/mol. The Hall–Kier alpha value is -1.36. The molecular formula is C10H15NO4. The van der Waals surface area contributed by atoms with Crippen molar-refractivity contribution in [1.29, 1.82) is 0 Å². The molecule has 0 fully saturated rings. The minimum Gasteiger partial charge on any atom is -0.481 e. The molecule has 0 radical (unpaired) electrons. The van der Waals surface area contributed by atoms with E-state index in [0.717, 1.165) is 5.06 Å². The molecule has 15 heavy (non-hydrogen) atoms. The lowest BCUT2D eigenvalue weighted by Gasteiger charge is -2.27. The summed E-state index contributed by atoms with van der Waals surface area (Å²) in [6, 6.07) is 0. The molecule has 0 aromatic heterocycles. The molecule has 5 heteroatoms. The van der Waals surface area contributed by atoms with Crippen molar-refractivity contribution >= 4 is 11.9 Å². The monoisotopic (exact) mass is 213 g/mol. The van der Waals surface area contributed by atoms with Crippen LogP contribution < -0.4 is 0 Å². The van der Waals surface area contributed by atoms with Crippen LogP contribution in [-0.2, 0) is 14.4 Å². The van der Waals surface area contributed by atoms with Crippen LogP contribution in [0.4, 0.5) is 0 Å². The molecule has 1 aliphatic rings. The van der Waals surface area contributed by atoms with Crippen LogP contribution in [0.2, 0.25) is 0 Å². The molecule has 2 atom stereocenters. The number of nitrogens with zero attached hydrogens (tertiary/aromatic N) is 1. The number of hydrogen-bond acceptors (Lipinski definition) is 3. The van der Waals surface area contributed by atoms with Gasteiger partial charge in [0.2, 0.25) is 5.91 Å². The highest BCUT2D eigenvalue weighted by molar-refractivity contribution is 5.84. The second-order valence-electron chi connectivity index (χ2n) is 3.51. The van der Waals surface area contributed by atoms with Gasteiger partial charge in [0, 0.05) is 7.05 Å². The summed E-state index contributed by atoms with van der Waals surface area (Å²) in [5, 5.41) is 10.0. The van der Waals surface area contributed by atoms with Crippen molar-refractivity contribution < 1.29 is 19.5 Å². The normalized spacial score (nSPS) is 24.9. The highest BCUT2D eigenvalue weighted by atomic mass is 16.7. The summed E-state index contributed by atoms with van der Waals surface area (Å²) in [7, 11) is 2.87. The number of amides is 1. The van der Waals surface area contributed by atoms with E-state index in [2.05, 4.69) is 0 Å². The molecule has 1 amide bonds. The summed E-state index contributed by atoms with van der Waals surface area (Å²) in [6.45, 7) is 0. The third-order valence-corrected chi connectivity index (χ3v) is 2.65. The van der Waals surface area contributed by atoms with Gasteiger partial charge in [-0.3, -0.25) is 14.4 Å². The molecule has 84 valence electrons. The number of rotatable bonds is 3. The fourth-order valence-electron chi connectivity index (χ4n) is 1.68. The fourth-order valence-corrected chi connectivity index (χ4v) is 1.68. The van der Waals surface area contributed by atoms with E-state index in [1.807, 2.05) is 6.08 Å². The van der Waals surface area contributed by atoms with Crippen LogP contribution in [0.5, 0.6) is 0 Å². The summed E-state index contributed by atoms with van der Waals surface area (Å²) >= 11 is 0. The average molecular weight is 213 g/mol. The molecule has 0 aromatic rings. The summed E-state index contributed by atoms with van der Waals surface area (Å²) in [4.78, 5) is 27.4. The molecule has 0 saturated carbocycles. The van der Waals surface area contributed by atoms with Gasteiger partial charge < -0.3 is 5.11 Å². The van der Waals surface area contributed by atoms with E-state index >= 15 is 0 Å². The van der Waals surface area contributed by atoms with Crippen molar-refractivity contribution in [1.82, 2.24) is 5.06 Å². The van der Waals surface area contributed by atoms with E-state index < -0.39 is 17.8 Å². The Morgan fingerprint density at radius 3 is 2.33 bits per heavy atom. The van der Waals surface area contributed by atoms with Gasteiger partial charge in [0.25, 0.3) is 0 Å². The Labute approximate surface area is 88.3 Å². The third kappa shape index (κ3) is 2.56. The van der Waals surface area contributed by atoms with E-state index in [-0.39, 0.29) is 5.91 Å². The third-order valence-electron chi connectivity index (χ3n) is 2.65. The van der Waals surface area contributed by atoms with Gasteiger partial charge in [-0.05, 0) is 12.8 Å². The van der Waals surface area contributed by atoms with E-state index in [1.165, 1.54) is 14.2 Å². The number of carbonyl (C=O) groups is 2. The molecule has 5 nitrogen and oxygen atoms in total. The molecule has 0 aromatic carbocycles. The SMILES string of the molecule is CON(C)C(=O)C1CC=CCC1C(=O)O. The summed E-state index contributed by atoms with van der Waals surface area (Å²) in [5.41, 5.74) is 0. The van der Waals surface area contributed by atoms with E-state index in [9.17, 15) is 9.59 Å². The van der Waals surface area contributed by atoms with Crippen molar-refractivity contribution in [3.63, 3.8) is 0 Å². The lowest BCUT2D eigenvalue weighted by atomic mass is 9.82. The summed E-state index contributed by atoms with van der Waals surface area (Å²) in [6.07, 6.45) is 4.51. The zero-order chi connectivity index (χ0) is 11.4. The largest absolute Gasteiger partial charge is 0.481 e. The van der Waals surface area contributed by atoms with Crippen LogP contribution in [0, 0.1) is 11.8 Å². The lowest BCUT2D eigenvalue weighted by Crippen LogP contribution is -2.39. The van der Waals surface area contributed by atoms with Crippen LogP contribution in [0.25, 0.3) is 0 Å². The maximum atomic E-state index is 11.7. The second-order valence-corrected chi connectivity index (χ2v) is 3.51. The zero-order valence-corrected chi connectivity index (χ0v) is 8.84. The van der Waals surface area contributed by atoms with Crippen molar-refractivity contribution in [3.05, 3.63) is 12.2 Å². The fraction of sp³-hybridized carbons (Fsp3) is 0.600. The number of allylic oxidation sites excluding steroid dienone is 2. The van der Waals surface area contributed by atoms with E-state index in [4.69, 9.17) is 9.94 Å². The van der Waals surface area contributed by atoms with E-state index in [0.29, 0.717) is 12.8 Å². The van der Waals surface area contributed by atoms with Crippen molar-refractivity contribution in [2.45, 2.75) is 12.8 Å². The first-order chi connectivity index (χ1) is 7.07. The maximum Gasteiger partial charge on any atom is 0.307 e. The number of carboxylic acid groups (broad SMARTS) is 1. The first kappa shape index (κ1) is 11.7. The number of carbonyl (C=O) groups excluding carboxylic acids is 1.